The van der Waals surface area contributed by atoms with E-state index >= 15 is 0 Å². The molecular formula is C18H23NO3. The van der Waals surface area contributed by atoms with Crippen LogP contribution in [0, 0.1) is 0 Å². The average Bonchev–Trinajstić information content (AvgIpc) is 2.61. The van der Waals surface area contributed by atoms with Crippen molar-refractivity contribution in [3.05, 3.63) is 60.0 Å². The minimum absolute atomic E-state index is 0.130. The molecule has 3 rings (SSSR count). The first-order valence-electron chi connectivity index (χ1n) is 7.91. The van der Waals surface area contributed by atoms with Crippen LogP contribution < -0.4 is 0 Å². The first-order valence-corrected chi connectivity index (χ1v) is 7.91. The lowest BCUT2D eigenvalue weighted by molar-refractivity contribution is 0.144. The normalized spacial score (nSPS) is 23.0. The Balaban J connectivity index is 1.76. The molecule has 0 saturated carbocycles. The van der Waals surface area contributed by atoms with Crippen LogP contribution in [-0.4, -0.2) is 35.7 Å². The molecule has 2 aliphatic heterocycles. The van der Waals surface area contributed by atoms with E-state index in [-0.39, 0.29) is 12.6 Å². The molecule has 1 atom stereocenters. The van der Waals surface area contributed by atoms with E-state index in [1.165, 1.54) is 5.57 Å². The monoisotopic (exact) mass is 301 g/mol. The van der Waals surface area contributed by atoms with Crippen LogP contribution in [0.4, 0.5) is 0 Å². The Labute approximate surface area is 131 Å². The number of hydrogen-bond acceptors (Lipinski definition) is 4. The van der Waals surface area contributed by atoms with E-state index in [0.717, 1.165) is 50.1 Å². The molecule has 0 aromatic rings. The Bertz CT molecular complexity index is 543. The molecule has 0 spiro atoms. The van der Waals surface area contributed by atoms with Gasteiger partial charge in [0.15, 0.2) is 5.76 Å². The SMILES string of the molecule is OCC1=CCCN(C(CC2=CC=CCC2)C2=COC=CO2)C1. The Hall–Kier alpha value is -1.78. The summed E-state index contributed by atoms with van der Waals surface area (Å²) in [6.45, 7) is 1.89. The number of aliphatic hydroxyl groups excluding tert-OH is 1. The third-order valence-electron chi connectivity index (χ3n) is 4.31. The Kier molecular flexibility index (Phi) is 5.14. The highest BCUT2D eigenvalue weighted by atomic mass is 16.5. The van der Waals surface area contributed by atoms with Crippen molar-refractivity contribution in [3.63, 3.8) is 0 Å². The number of allylic oxidation sites excluding steroid dienone is 3. The van der Waals surface area contributed by atoms with Crippen molar-refractivity contribution in [2.45, 2.75) is 31.7 Å². The fourth-order valence-corrected chi connectivity index (χ4v) is 3.13. The predicted octanol–water partition coefficient (Wildman–Crippen LogP) is 3.01. The maximum absolute atomic E-state index is 9.43. The van der Waals surface area contributed by atoms with Gasteiger partial charge in [0.2, 0.25) is 0 Å². The first kappa shape index (κ1) is 15.1. The van der Waals surface area contributed by atoms with E-state index in [2.05, 4.69) is 29.2 Å². The molecule has 1 N–H and O–H groups in total. The molecule has 0 fully saturated rings. The molecule has 3 aliphatic rings. The van der Waals surface area contributed by atoms with Crippen LogP contribution in [0.2, 0.25) is 0 Å². The van der Waals surface area contributed by atoms with Crippen LogP contribution in [0.3, 0.4) is 0 Å². The molecule has 1 aliphatic carbocycles. The maximum atomic E-state index is 9.43. The molecule has 0 bridgehead atoms. The summed E-state index contributed by atoms with van der Waals surface area (Å²) in [6.07, 6.45) is 17.6. The highest BCUT2D eigenvalue weighted by molar-refractivity contribution is 5.22. The van der Waals surface area contributed by atoms with Gasteiger partial charge in [-0.25, -0.2) is 0 Å². The first-order chi connectivity index (χ1) is 10.9. The molecule has 2 heterocycles. The van der Waals surface area contributed by atoms with Crippen molar-refractivity contribution in [1.29, 1.82) is 0 Å². The number of nitrogens with zero attached hydrogens (tertiary/aromatic N) is 1. The molecule has 0 aromatic heterocycles. The molecule has 118 valence electrons. The molecule has 0 radical (unpaired) electrons. The fourth-order valence-electron chi connectivity index (χ4n) is 3.13. The minimum Gasteiger partial charge on any atom is -0.466 e. The topological polar surface area (TPSA) is 41.9 Å². The van der Waals surface area contributed by atoms with E-state index in [1.54, 1.807) is 18.8 Å². The summed E-state index contributed by atoms with van der Waals surface area (Å²) in [7, 11) is 0. The van der Waals surface area contributed by atoms with Gasteiger partial charge in [-0.05, 0) is 31.3 Å². The summed E-state index contributed by atoms with van der Waals surface area (Å²) in [5.41, 5.74) is 2.52. The minimum atomic E-state index is 0.130. The van der Waals surface area contributed by atoms with Gasteiger partial charge in [-0.2, -0.15) is 0 Å². The van der Waals surface area contributed by atoms with Crippen molar-refractivity contribution in [2.24, 2.45) is 0 Å². The fraction of sp³-hybridized carbons (Fsp3) is 0.444. The molecule has 22 heavy (non-hydrogen) atoms. The summed E-state index contributed by atoms with van der Waals surface area (Å²) in [4.78, 5) is 2.37. The van der Waals surface area contributed by atoms with Crippen LogP contribution in [0.15, 0.2) is 60.0 Å². The zero-order chi connectivity index (χ0) is 15.2. The quantitative estimate of drug-likeness (QED) is 0.793. The summed E-state index contributed by atoms with van der Waals surface area (Å²) >= 11 is 0. The van der Waals surface area contributed by atoms with Crippen LogP contribution in [0.1, 0.15) is 25.7 Å². The number of ether oxygens (including phenoxy) is 2. The summed E-state index contributed by atoms with van der Waals surface area (Å²) in [5, 5.41) is 9.43. The maximum Gasteiger partial charge on any atom is 0.156 e. The van der Waals surface area contributed by atoms with Crippen LogP contribution >= 0.6 is 0 Å². The largest absolute Gasteiger partial charge is 0.466 e. The highest BCUT2D eigenvalue weighted by Gasteiger charge is 2.28. The molecule has 1 unspecified atom stereocenters. The molecule has 0 amide bonds. The molecular weight excluding hydrogens is 278 g/mol. The lowest BCUT2D eigenvalue weighted by Crippen LogP contribution is -2.42. The van der Waals surface area contributed by atoms with Gasteiger partial charge >= 0.3 is 0 Å². The van der Waals surface area contributed by atoms with Gasteiger partial charge in [0, 0.05) is 13.1 Å². The second kappa shape index (κ2) is 7.47. The Morgan fingerprint density at radius 2 is 2.18 bits per heavy atom. The van der Waals surface area contributed by atoms with Crippen LogP contribution in [0.25, 0.3) is 0 Å². The second-order valence-corrected chi connectivity index (χ2v) is 5.84. The molecule has 0 aromatic carbocycles. The standard InChI is InChI=1S/C18H23NO3/c20-13-16-7-4-8-19(12-16)17(18-14-21-9-10-22-18)11-15-5-2-1-3-6-15/h1-2,5,7,9-10,14,17,20H,3-4,6,8,11-13H2. The van der Waals surface area contributed by atoms with Gasteiger partial charge in [0.25, 0.3) is 0 Å². The lowest BCUT2D eigenvalue weighted by atomic mass is 9.95. The van der Waals surface area contributed by atoms with E-state index in [9.17, 15) is 5.11 Å². The van der Waals surface area contributed by atoms with E-state index in [0.29, 0.717) is 0 Å². The van der Waals surface area contributed by atoms with Crippen molar-refractivity contribution in [2.75, 3.05) is 19.7 Å². The smallest absolute Gasteiger partial charge is 0.156 e. The van der Waals surface area contributed by atoms with Crippen LogP contribution in [0.5, 0.6) is 0 Å². The third-order valence-corrected chi connectivity index (χ3v) is 4.31. The second-order valence-electron chi connectivity index (χ2n) is 5.84. The van der Waals surface area contributed by atoms with Crippen molar-refractivity contribution >= 4 is 0 Å². The van der Waals surface area contributed by atoms with Crippen molar-refractivity contribution in [3.8, 4) is 0 Å². The van der Waals surface area contributed by atoms with Gasteiger partial charge in [-0.3, -0.25) is 4.90 Å². The van der Waals surface area contributed by atoms with Gasteiger partial charge in [0.05, 0.1) is 12.6 Å². The van der Waals surface area contributed by atoms with Gasteiger partial charge in [-0.1, -0.05) is 29.9 Å². The molecule has 4 nitrogen and oxygen atoms in total. The number of rotatable bonds is 5. The van der Waals surface area contributed by atoms with Crippen molar-refractivity contribution < 1.29 is 14.6 Å². The third kappa shape index (κ3) is 3.70. The predicted molar refractivity (Wildman–Crippen MR) is 85.6 cm³/mol. The summed E-state index contributed by atoms with van der Waals surface area (Å²) in [6, 6.07) is 0.151. The highest BCUT2D eigenvalue weighted by Crippen LogP contribution is 2.28. The summed E-state index contributed by atoms with van der Waals surface area (Å²) in [5.74, 6) is 0.845. The molecule has 4 heteroatoms. The molecule has 0 saturated heterocycles. The number of hydrogen-bond donors (Lipinski definition) is 1. The Morgan fingerprint density at radius 3 is 2.91 bits per heavy atom. The van der Waals surface area contributed by atoms with Gasteiger partial charge in [-0.15, -0.1) is 0 Å². The summed E-state index contributed by atoms with van der Waals surface area (Å²) < 4.78 is 11.0. The van der Waals surface area contributed by atoms with E-state index < -0.39 is 0 Å². The van der Waals surface area contributed by atoms with E-state index in [4.69, 9.17) is 9.47 Å². The zero-order valence-electron chi connectivity index (χ0n) is 12.8. The van der Waals surface area contributed by atoms with Gasteiger partial charge in [0.1, 0.15) is 18.8 Å². The zero-order valence-corrected chi connectivity index (χ0v) is 12.8. The van der Waals surface area contributed by atoms with Gasteiger partial charge < -0.3 is 14.6 Å². The van der Waals surface area contributed by atoms with Crippen molar-refractivity contribution in [1.82, 2.24) is 4.90 Å². The lowest BCUT2D eigenvalue weighted by Gasteiger charge is -2.36. The number of aliphatic hydroxyl groups is 1. The van der Waals surface area contributed by atoms with E-state index in [1.807, 2.05) is 0 Å². The van der Waals surface area contributed by atoms with Crippen LogP contribution in [-0.2, 0) is 9.47 Å². The average molecular weight is 301 g/mol. The Morgan fingerprint density at radius 1 is 1.23 bits per heavy atom.